The Balaban J connectivity index is 2.78. The van der Waals surface area contributed by atoms with E-state index in [1.165, 1.54) is 18.5 Å². The average Bonchev–Trinajstić information content (AvgIpc) is 2.34. The average molecular weight is 163 g/mol. The van der Waals surface area contributed by atoms with Crippen LogP contribution >= 0.6 is 0 Å². The van der Waals surface area contributed by atoms with E-state index in [0.29, 0.717) is 0 Å². The molecule has 1 unspecified atom stereocenters. The molecule has 0 spiro atoms. The molecule has 0 fully saturated rings. The molecule has 1 nitrogen and oxygen atoms in total. The maximum Gasteiger partial charge on any atom is 0.395 e. The highest BCUT2D eigenvalue weighted by Gasteiger charge is 2.36. The lowest BCUT2D eigenvalue weighted by atomic mass is 10.1. The summed E-state index contributed by atoms with van der Waals surface area (Å²) in [4.78, 5) is 2.58. The minimum absolute atomic E-state index is 0.275. The fraction of sp³-hybridized carbons (Fsp3) is 0.429. The minimum Gasteiger partial charge on any atom is -0.367 e. The molecule has 4 heteroatoms. The van der Waals surface area contributed by atoms with Gasteiger partial charge in [-0.05, 0) is 18.6 Å². The molecule has 0 aliphatic rings. The molecule has 11 heavy (non-hydrogen) atoms. The smallest absolute Gasteiger partial charge is 0.367 e. The SMILES string of the molecule is CC(c1cc[nH]c1)C(F)(F)F. The normalized spacial score (nSPS) is 14.9. The summed E-state index contributed by atoms with van der Waals surface area (Å²) < 4.78 is 36.0. The topological polar surface area (TPSA) is 15.8 Å². The quantitative estimate of drug-likeness (QED) is 0.655. The molecule has 0 saturated carbocycles. The first-order valence-corrected chi connectivity index (χ1v) is 3.21. The van der Waals surface area contributed by atoms with Crippen LogP contribution in [-0.4, -0.2) is 11.2 Å². The number of aromatic nitrogens is 1. The summed E-state index contributed by atoms with van der Waals surface area (Å²) in [5.74, 6) is -1.38. The van der Waals surface area contributed by atoms with Crippen LogP contribution < -0.4 is 0 Å². The highest BCUT2D eigenvalue weighted by atomic mass is 19.4. The predicted molar refractivity (Wildman–Crippen MR) is 35.3 cm³/mol. The van der Waals surface area contributed by atoms with Crippen LogP contribution in [0, 0.1) is 0 Å². The first-order chi connectivity index (χ1) is 5.02. The third-order valence-electron chi connectivity index (χ3n) is 1.61. The fourth-order valence-corrected chi connectivity index (χ4v) is 0.795. The van der Waals surface area contributed by atoms with Gasteiger partial charge in [0.05, 0.1) is 5.92 Å². The summed E-state index contributed by atoms with van der Waals surface area (Å²) in [6, 6.07) is 1.43. The second kappa shape index (κ2) is 2.60. The fourth-order valence-electron chi connectivity index (χ4n) is 0.795. The Morgan fingerprint density at radius 3 is 2.45 bits per heavy atom. The van der Waals surface area contributed by atoms with Gasteiger partial charge in [-0.2, -0.15) is 13.2 Å². The van der Waals surface area contributed by atoms with Crippen molar-refractivity contribution in [2.24, 2.45) is 0 Å². The zero-order valence-electron chi connectivity index (χ0n) is 5.94. The zero-order valence-corrected chi connectivity index (χ0v) is 5.94. The molecule has 1 aromatic heterocycles. The standard InChI is InChI=1S/C7H8F3N/c1-5(7(8,9)10)6-2-3-11-4-6/h2-5,11H,1H3. The van der Waals surface area contributed by atoms with Crippen LogP contribution in [0.15, 0.2) is 18.5 Å². The van der Waals surface area contributed by atoms with Crippen molar-refractivity contribution in [3.63, 3.8) is 0 Å². The van der Waals surface area contributed by atoms with Gasteiger partial charge in [-0.1, -0.05) is 0 Å². The molecule has 62 valence electrons. The van der Waals surface area contributed by atoms with E-state index in [1.54, 1.807) is 0 Å². The number of hydrogen-bond acceptors (Lipinski definition) is 0. The van der Waals surface area contributed by atoms with Crippen molar-refractivity contribution in [1.82, 2.24) is 4.98 Å². The molecule has 1 rings (SSSR count). The van der Waals surface area contributed by atoms with E-state index in [-0.39, 0.29) is 5.56 Å². The van der Waals surface area contributed by atoms with Gasteiger partial charge < -0.3 is 4.98 Å². The molecule has 1 atom stereocenters. The van der Waals surface area contributed by atoms with Crippen molar-refractivity contribution >= 4 is 0 Å². The highest BCUT2D eigenvalue weighted by molar-refractivity contribution is 5.15. The molecule has 0 radical (unpaired) electrons. The van der Waals surface area contributed by atoms with Gasteiger partial charge in [0, 0.05) is 12.4 Å². The van der Waals surface area contributed by atoms with Gasteiger partial charge in [0.15, 0.2) is 0 Å². The molecule has 1 heterocycles. The van der Waals surface area contributed by atoms with Gasteiger partial charge in [0.1, 0.15) is 0 Å². The first-order valence-electron chi connectivity index (χ1n) is 3.21. The van der Waals surface area contributed by atoms with E-state index in [0.717, 1.165) is 6.92 Å². The predicted octanol–water partition coefficient (Wildman–Crippen LogP) is 2.68. The van der Waals surface area contributed by atoms with Gasteiger partial charge in [0.2, 0.25) is 0 Å². The van der Waals surface area contributed by atoms with Crippen molar-refractivity contribution in [3.05, 3.63) is 24.0 Å². The lowest BCUT2D eigenvalue weighted by Crippen LogP contribution is -2.16. The van der Waals surface area contributed by atoms with Crippen molar-refractivity contribution in [2.75, 3.05) is 0 Å². The van der Waals surface area contributed by atoms with Gasteiger partial charge in [0.25, 0.3) is 0 Å². The summed E-state index contributed by atoms with van der Waals surface area (Å²) in [5.41, 5.74) is 0.275. The number of H-pyrrole nitrogens is 1. The molecular weight excluding hydrogens is 155 g/mol. The van der Waals surface area contributed by atoms with E-state index in [4.69, 9.17) is 0 Å². The molecule has 0 aromatic carbocycles. The van der Waals surface area contributed by atoms with Crippen molar-refractivity contribution < 1.29 is 13.2 Å². The molecule has 0 aliphatic carbocycles. The maximum absolute atomic E-state index is 12.0. The minimum atomic E-state index is -4.14. The Hall–Kier alpha value is -0.930. The molecule has 1 N–H and O–H groups in total. The lowest BCUT2D eigenvalue weighted by Gasteiger charge is -2.13. The van der Waals surface area contributed by atoms with Gasteiger partial charge in [-0.25, -0.2) is 0 Å². The summed E-state index contributed by atoms with van der Waals surface area (Å²) in [7, 11) is 0. The summed E-state index contributed by atoms with van der Waals surface area (Å²) in [6.45, 7) is 1.14. The van der Waals surface area contributed by atoms with Crippen LogP contribution in [0.5, 0.6) is 0 Å². The lowest BCUT2D eigenvalue weighted by molar-refractivity contribution is -0.146. The molecule has 0 aliphatic heterocycles. The van der Waals surface area contributed by atoms with Gasteiger partial charge >= 0.3 is 6.18 Å². The van der Waals surface area contributed by atoms with Crippen LogP contribution in [-0.2, 0) is 0 Å². The summed E-state index contributed by atoms with van der Waals surface area (Å²) in [5, 5.41) is 0. The van der Waals surface area contributed by atoms with Crippen LogP contribution in [0.1, 0.15) is 18.4 Å². The number of rotatable bonds is 1. The summed E-state index contributed by atoms with van der Waals surface area (Å²) >= 11 is 0. The van der Waals surface area contributed by atoms with E-state index in [2.05, 4.69) is 4.98 Å². The van der Waals surface area contributed by atoms with E-state index in [1.807, 2.05) is 0 Å². The Kier molecular flexibility index (Phi) is 1.93. The number of nitrogens with one attached hydrogen (secondary N) is 1. The van der Waals surface area contributed by atoms with Crippen LogP contribution in [0.4, 0.5) is 13.2 Å². The second-order valence-corrected chi connectivity index (χ2v) is 2.41. The van der Waals surface area contributed by atoms with Crippen LogP contribution in [0.2, 0.25) is 0 Å². The largest absolute Gasteiger partial charge is 0.395 e. The van der Waals surface area contributed by atoms with E-state index in [9.17, 15) is 13.2 Å². The third-order valence-corrected chi connectivity index (χ3v) is 1.61. The second-order valence-electron chi connectivity index (χ2n) is 2.41. The number of halogens is 3. The van der Waals surface area contributed by atoms with Crippen molar-refractivity contribution in [3.8, 4) is 0 Å². The van der Waals surface area contributed by atoms with Crippen molar-refractivity contribution in [1.29, 1.82) is 0 Å². The Labute approximate surface area is 62.2 Å². The zero-order chi connectivity index (χ0) is 8.48. The highest BCUT2D eigenvalue weighted by Crippen LogP contribution is 2.33. The Morgan fingerprint density at radius 2 is 2.09 bits per heavy atom. The summed E-state index contributed by atoms with van der Waals surface area (Å²) in [6.07, 6.45) is -1.29. The first kappa shape index (κ1) is 8.17. The monoisotopic (exact) mass is 163 g/mol. The number of aromatic amines is 1. The van der Waals surface area contributed by atoms with E-state index >= 15 is 0 Å². The molecule has 1 aromatic rings. The molecule has 0 amide bonds. The van der Waals surface area contributed by atoms with Crippen LogP contribution in [0.25, 0.3) is 0 Å². The Morgan fingerprint density at radius 1 is 1.45 bits per heavy atom. The third kappa shape index (κ3) is 1.76. The molecule has 0 saturated heterocycles. The van der Waals surface area contributed by atoms with Crippen LogP contribution in [0.3, 0.4) is 0 Å². The van der Waals surface area contributed by atoms with Gasteiger partial charge in [-0.15, -0.1) is 0 Å². The van der Waals surface area contributed by atoms with E-state index < -0.39 is 12.1 Å². The Bertz CT molecular complexity index is 212. The van der Waals surface area contributed by atoms with Gasteiger partial charge in [-0.3, -0.25) is 0 Å². The maximum atomic E-state index is 12.0. The number of hydrogen-bond donors (Lipinski definition) is 1. The molecular formula is C7H8F3N. The molecule has 0 bridgehead atoms. The number of alkyl halides is 3. The van der Waals surface area contributed by atoms with Crippen molar-refractivity contribution in [2.45, 2.75) is 19.0 Å².